The first-order valence-electron chi connectivity index (χ1n) is 9.81. The van der Waals surface area contributed by atoms with Crippen molar-refractivity contribution in [3.63, 3.8) is 0 Å². The SMILES string of the molecule is CCOC.O=CN1CCC(OC(c2ccc(Cl)cc2)c2cc(C(F)F)ccn2)CC1. The van der Waals surface area contributed by atoms with E-state index in [0.29, 0.717) is 36.6 Å². The van der Waals surface area contributed by atoms with Gasteiger partial charge < -0.3 is 14.4 Å². The highest BCUT2D eigenvalue weighted by atomic mass is 35.5. The minimum Gasteiger partial charge on any atom is -0.385 e. The van der Waals surface area contributed by atoms with Gasteiger partial charge in [-0.1, -0.05) is 23.7 Å². The van der Waals surface area contributed by atoms with E-state index in [9.17, 15) is 13.6 Å². The van der Waals surface area contributed by atoms with Gasteiger partial charge in [-0.15, -0.1) is 0 Å². The fourth-order valence-electron chi connectivity index (χ4n) is 3.01. The minimum absolute atomic E-state index is 0.0797. The lowest BCUT2D eigenvalue weighted by Gasteiger charge is -2.32. The number of nitrogens with zero attached hydrogens (tertiary/aromatic N) is 2. The van der Waals surface area contributed by atoms with Crippen LogP contribution in [0.3, 0.4) is 0 Å². The molecule has 164 valence electrons. The zero-order chi connectivity index (χ0) is 21.9. The molecule has 0 radical (unpaired) electrons. The van der Waals surface area contributed by atoms with Gasteiger partial charge in [0, 0.05) is 43.6 Å². The highest BCUT2D eigenvalue weighted by Crippen LogP contribution is 2.31. The van der Waals surface area contributed by atoms with Gasteiger partial charge in [0.25, 0.3) is 6.43 Å². The van der Waals surface area contributed by atoms with Gasteiger partial charge >= 0.3 is 0 Å². The second-order valence-corrected chi connectivity index (χ2v) is 7.24. The predicted octanol–water partition coefficient (Wildman–Crippen LogP) is 5.05. The van der Waals surface area contributed by atoms with E-state index in [1.54, 1.807) is 24.1 Å². The highest BCUT2D eigenvalue weighted by Gasteiger charge is 2.25. The summed E-state index contributed by atoms with van der Waals surface area (Å²) in [5.41, 5.74) is 1.14. The maximum Gasteiger partial charge on any atom is 0.263 e. The molecule has 0 spiro atoms. The van der Waals surface area contributed by atoms with Gasteiger partial charge in [-0.2, -0.15) is 0 Å². The van der Waals surface area contributed by atoms with Crippen LogP contribution in [0.2, 0.25) is 5.02 Å². The molecule has 1 fully saturated rings. The molecule has 1 aromatic carbocycles. The first-order chi connectivity index (χ1) is 14.5. The summed E-state index contributed by atoms with van der Waals surface area (Å²) in [6.07, 6.45) is 0.369. The Morgan fingerprint density at radius 1 is 1.20 bits per heavy atom. The molecule has 1 unspecified atom stereocenters. The number of hydrogen-bond acceptors (Lipinski definition) is 4. The number of hydrogen-bond donors (Lipinski definition) is 0. The number of carbonyl (C=O) groups is 1. The molecule has 1 saturated heterocycles. The van der Waals surface area contributed by atoms with Crippen molar-refractivity contribution in [2.24, 2.45) is 0 Å². The van der Waals surface area contributed by atoms with Gasteiger partial charge in [-0.3, -0.25) is 9.78 Å². The van der Waals surface area contributed by atoms with Crippen LogP contribution in [0.5, 0.6) is 0 Å². The van der Waals surface area contributed by atoms with E-state index < -0.39 is 12.5 Å². The summed E-state index contributed by atoms with van der Waals surface area (Å²) in [6, 6.07) is 9.77. The topological polar surface area (TPSA) is 51.7 Å². The van der Waals surface area contributed by atoms with E-state index in [4.69, 9.17) is 16.3 Å². The van der Waals surface area contributed by atoms with Crippen LogP contribution in [-0.4, -0.2) is 49.2 Å². The lowest BCUT2D eigenvalue weighted by molar-refractivity contribution is -0.121. The van der Waals surface area contributed by atoms with Crippen molar-refractivity contribution >= 4 is 18.0 Å². The monoisotopic (exact) mass is 440 g/mol. The van der Waals surface area contributed by atoms with Gasteiger partial charge in [0.15, 0.2) is 0 Å². The quantitative estimate of drug-likeness (QED) is 0.565. The maximum atomic E-state index is 13.1. The third-order valence-electron chi connectivity index (χ3n) is 4.74. The number of piperidine rings is 1. The normalized spacial score (nSPS) is 15.5. The molecule has 0 N–H and O–H groups in total. The van der Waals surface area contributed by atoms with Gasteiger partial charge in [-0.25, -0.2) is 8.78 Å². The Hall–Kier alpha value is -2.09. The van der Waals surface area contributed by atoms with Crippen LogP contribution in [0.1, 0.15) is 49.1 Å². The number of likely N-dealkylation sites (tertiary alicyclic amines) is 1. The van der Waals surface area contributed by atoms with Gasteiger partial charge in [0.1, 0.15) is 6.10 Å². The Balaban J connectivity index is 0.000000735. The molecular formula is C22H27ClF2N2O3. The van der Waals surface area contributed by atoms with Crippen LogP contribution in [0.25, 0.3) is 0 Å². The molecule has 30 heavy (non-hydrogen) atoms. The van der Waals surface area contributed by atoms with E-state index in [-0.39, 0.29) is 11.7 Å². The minimum atomic E-state index is -2.57. The summed E-state index contributed by atoms with van der Waals surface area (Å²) >= 11 is 5.96. The third kappa shape index (κ3) is 7.31. The van der Waals surface area contributed by atoms with Crippen LogP contribution in [0.4, 0.5) is 8.78 Å². The molecule has 1 atom stereocenters. The van der Waals surface area contributed by atoms with Gasteiger partial charge in [0.2, 0.25) is 6.41 Å². The summed E-state index contributed by atoms with van der Waals surface area (Å²) in [5.74, 6) is 0. The molecule has 1 aliphatic rings. The Labute approximate surface area is 181 Å². The fraction of sp³-hybridized carbons (Fsp3) is 0.455. The number of benzene rings is 1. The highest BCUT2D eigenvalue weighted by molar-refractivity contribution is 6.30. The first-order valence-corrected chi connectivity index (χ1v) is 10.2. The average Bonchev–Trinajstić information content (AvgIpc) is 2.79. The summed E-state index contributed by atoms with van der Waals surface area (Å²) in [4.78, 5) is 16.8. The second-order valence-electron chi connectivity index (χ2n) is 6.80. The molecule has 8 heteroatoms. The number of methoxy groups -OCH3 is 1. The zero-order valence-corrected chi connectivity index (χ0v) is 17.9. The molecule has 2 heterocycles. The number of pyridine rings is 1. The maximum absolute atomic E-state index is 13.1. The Kier molecular flexibility index (Phi) is 10.1. The van der Waals surface area contributed by atoms with E-state index in [2.05, 4.69) is 9.72 Å². The van der Waals surface area contributed by atoms with Crippen LogP contribution in [0, 0.1) is 0 Å². The fourth-order valence-corrected chi connectivity index (χ4v) is 3.14. The average molecular weight is 441 g/mol. The molecular weight excluding hydrogens is 414 g/mol. The van der Waals surface area contributed by atoms with Crippen LogP contribution < -0.4 is 0 Å². The van der Waals surface area contributed by atoms with Crippen molar-refractivity contribution < 1.29 is 23.0 Å². The number of halogens is 3. The summed E-state index contributed by atoms with van der Waals surface area (Å²) in [7, 11) is 1.68. The van der Waals surface area contributed by atoms with Crippen molar-refractivity contribution in [3.8, 4) is 0 Å². The molecule has 1 aromatic heterocycles. The summed E-state index contributed by atoms with van der Waals surface area (Å²) in [5, 5.41) is 0.584. The van der Waals surface area contributed by atoms with Crippen molar-refractivity contribution in [1.29, 1.82) is 0 Å². The third-order valence-corrected chi connectivity index (χ3v) is 4.99. The van der Waals surface area contributed by atoms with Crippen molar-refractivity contribution in [3.05, 3.63) is 64.4 Å². The van der Waals surface area contributed by atoms with Crippen LogP contribution in [-0.2, 0) is 14.3 Å². The standard InChI is InChI=1S/C19H19ClF2N2O2.C3H8O/c20-15-3-1-13(2-4-15)18(17-11-14(19(21)22)5-8-23-17)26-16-6-9-24(12-25)10-7-16;1-3-4-2/h1-5,8,11-12,16,18-19H,6-7,9-10H2;3H2,1-2H3. The lowest BCUT2D eigenvalue weighted by atomic mass is 10.0. The van der Waals surface area contributed by atoms with Crippen LogP contribution >= 0.6 is 11.6 Å². The van der Waals surface area contributed by atoms with Crippen molar-refractivity contribution in [1.82, 2.24) is 9.88 Å². The first kappa shape index (κ1) is 24.2. The number of rotatable bonds is 7. The van der Waals surface area contributed by atoms with E-state index in [1.807, 2.05) is 19.1 Å². The molecule has 3 rings (SSSR count). The number of amides is 1. The molecule has 0 bridgehead atoms. The Morgan fingerprint density at radius 3 is 2.37 bits per heavy atom. The van der Waals surface area contributed by atoms with Crippen LogP contribution in [0.15, 0.2) is 42.6 Å². The smallest absolute Gasteiger partial charge is 0.263 e. The molecule has 2 aromatic rings. The number of aromatic nitrogens is 1. The van der Waals surface area contributed by atoms with E-state index in [0.717, 1.165) is 18.6 Å². The molecule has 5 nitrogen and oxygen atoms in total. The van der Waals surface area contributed by atoms with Crippen molar-refractivity contribution in [2.75, 3.05) is 26.8 Å². The summed E-state index contributed by atoms with van der Waals surface area (Å²) in [6.45, 7) is 4.01. The molecule has 0 saturated carbocycles. The molecule has 0 aliphatic carbocycles. The predicted molar refractivity (Wildman–Crippen MR) is 112 cm³/mol. The van der Waals surface area contributed by atoms with Gasteiger partial charge in [0.05, 0.1) is 11.8 Å². The second kappa shape index (κ2) is 12.6. The molecule has 1 amide bonds. The number of ether oxygens (including phenoxy) is 2. The Morgan fingerprint density at radius 2 is 1.83 bits per heavy atom. The molecule has 1 aliphatic heterocycles. The van der Waals surface area contributed by atoms with Crippen molar-refractivity contribution in [2.45, 2.75) is 38.4 Å². The largest absolute Gasteiger partial charge is 0.385 e. The van der Waals surface area contributed by atoms with Gasteiger partial charge in [-0.05, 0) is 49.6 Å². The lowest BCUT2D eigenvalue weighted by Crippen LogP contribution is -2.36. The summed E-state index contributed by atoms with van der Waals surface area (Å²) < 4.78 is 36.9. The van der Waals surface area contributed by atoms with E-state index >= 15 is 0 Å². The number of alkyl halides is 2. The number of carbonyl (C=O) groups excluding carboxylic acids is 1. The van der Waals surface area contributed by atoms with E-state index in [1.165, 1.54) is 18.3 Å². The zero-order valence-electron chi connectivity index (χ0n) is 17.1. The Bertz CT molecular complexity index is 767.